The van der Waals surface area contributed by atoms with E-state index in [9.17, 15) is 8.78 Å². The van der Waals surface area contributed by atoms with Crippen LogP contribution in [0.4, 0.5) is 14.7 Å². The second-order valence-corrected chi connectivity index (χ2v) is 5.27. The van der Waals surface area contributed by atoms with E-state index >= 15 is 0 Å². The van der Waals surface area contributed by atoms with Crippen molar-refractivity contribution < 1.29 is 8.78 Å². The van der Waals surface area contributed by atoms with Crippen LogP contribution in [0.5, 0.6) is 0 Å². The first-order valence-corrected chi connectivity index (χ1v) is 6.76. The van der Waals surface area contributed by atoms with Gasteiger partial charge in [0.1, 0.15) is 11.6 Å². The molecule has 114 valence electrons. The average Bonchev–Trinajstić information content (AvgIpc) is 2.77. The highest BCUT2D eigenvalue weighted by molar-refractivity contribution is 5.31. The Labute approximate surface area is 123 Å². The number of imidazole rings is 1. The molecule has 6 heteroatoms. The molecular formula is C15H20F2N4. The molecular weight excluding hydrogens is 274 g/mol. The van der Waals surface area contributed by atoms with E-state index in [1.54, 1.807) is 6.20 Å². The Morgan fingerprint density at radius 2 is 2.05 bits per heavy atom. The van der Waals surface area contributed by atoms with Crippen LogP contribution in [0.3, 0.4) is 0 Å². The van der Waals surface area contributed by atoms with Gasteiger partial charge in [0.25, 0.3) is 0 Å². The van der Waals surface area contributed by atoms with Crippen molar-refractivity contribution in [2.75, 3.05) is 19.0 Å². The van der Waals surface area contributed by atoms with Crippen LogP contribution in [0.15, 0.2) is 24.4 Å². The Kier molecular flexibility index (Phi) is 4.57. The van der Waals surface area contributed by atoms with Gasteiger partial charge in [-0.15, -0.1) is 0 Å². The second kappa shape index (κ2) is 6.22. The van der Waals surface area contributed by atoms with E-state index in [-0.39, 0.29) is 6.04 Å². The summed E-state index contributed by atoms with van der Waals surface area (Å²) in [6, 6.07) is 3.42. The summed E-state index contributed by atoms with van der Waals surface area (Å²) in [5.74, 6) is -0.243. The maximum absolute atomic E-state index is 13.7. The van der Waals surface area contributed by atoms with Crippen molar-refractivity contribution in [3.8, 4) is 0 Å². The number of anilines is 1. The van der Waals surface area contributed by atoms with Crippen molar-refractivity contribution in [1.82, 2.24) is 14.9 Å². The molecule has 0 saturated heterocycles. The van der Waals surface area contributed by atoms with Gasteiger partial charge in [-0.05, 0) is 13.0 Å². The molecule has 1 N–H and O–H groups in total. The molecule has 0 bridgehead atoms. The Morgan fingerprint density at radius 1 is 1.33 bits per heavy atom. The van der Waals surface area contributed by atoms with Crippen LogP contribution in [0.1, 0.15) is 24.2 Å². The third-order valence-electron chi connectivity index (χ3n) is 3.48. The molecule has 1 atom stereocenters. The summed E-state index contributed by atoms with van der Waals surface area (Å²) >= 11 is 0. The van der Waals surface area contributed by atoms with Crippen LogP contribution in [-0.2, 0) is 13.6 Å². The van der Waals surface area contributed by atoms with Crippen molar-refractivity contribution >= 4 is 5.95 Å². The van der Waals surface area contributed by atoms with Crippen molar-refractivity contribution in [2.45, 2.75) is 19.5 Å². The predicted molar refractivity (Wildman–Crippen MR) is 79.1 cm³/mol. The van der Waals surface area contributed by atoms with Gasteiger partial charge >= 0.3 is 0 Å². The van der Waals surface area contributed by atoms with Crippen LogP contribution in [0.2, 0.25) is 0 Å². The highest BCUT2D eigenvalue weighted by Gasteiger charge is 2.13. The fourth-order valence-corrected chi connectivity index (χ4v) is 2.23. The van der Waals surface area contributed by atoms with Crippen LogP contribution < -0.4 is 10.2 Å². The highest BCUT2D eigenvalue weighted by Crippen LogP contribution is 2.19. The lowest BCUT2D eigenvalue weighted by atomic mass is 10.1. The first-order chi connectivity index (χ1) is 9.90. The van der Waals surface area contributed by atoms with Gasteiger partial charge in [0.2, 0.25) is 5.95 Å². The van der Waals surface area contributed by atoms with E-state index in [1.165, 1.54) is 12.1 Å². The van der Waals surface area contributed by atoms with Gasteiger partial charge in [0.15, 0.2) is 0 Å². The molecule has 2 rings (SSSR count). The highest BCUT2D eigenvalue weighted by atomic mass is 19.1. The van der Waals surface area contributed by atoms with E-state index in [2.05, 4.69) is 10.3 Å². The summed E-state index contributed by atoms with van der Waals surface area (Å²) in [5.41, 5.74) is 1.44. The van der Waals surface area contributed by atoms with Gasteiger partial charge in [-0.3, -0.25) is 0 Å². The normalized spacial score (nSPS) is 12.5. The fraction of sp³-hybridized carbons (Fsp3) is 0.400. The third-order valence-corrected chi connectivity index (χ3v) is 3.48. The number of rotatable bonds is 5. The first-order valence-electron chi connectivity index (χ1n) is 6.76. The van der Waals surface area contributed by atoms with Gasteiger partial charge in [0.05, 0.1) is 11.9 Å². The van der Waals surface area contributed by atoms with Crippen LogP contribution in [-0.4, -0.2) is 23.6 Å². The molecule has 0 saturated carbocycles. The van der Waals surface area contributed by atoms with Gasteiger partial charge in [0, 0.05) is 45.4 Å². The Hall–Kier alpha value is -1.95. The standard InChI is InChI=1S/C15H20F2N4/c1-10(13-6-5-11(16)7-14(13)17)18-8-12-9-19-15(20(2)3)21(12)4/h5-7,9-10,18H,8H2,1-4H3. The van der Waals surface area contributed by atoms with Crippen LogP contribution in [0.25, 0.3) is 0 Å². The Balaban J connectivity index is 2.06. The molecule has 0 spiro atoms. The lowest BCUT2D eigenvalue weighted by molar-refractivity contribution is 0.511. The van der Waals surface area contributed by atoms with E-state index in [0.29, 0.717) is 12.1 Å². The van der Waals surface area contributed by atoms with E-state index in [4.69, 9.17) is 0 Å². The van der Waals surface area contributed by atoms with Crippen molar-refractivity contribution in [3.63, 3.8) is 0 Å². The number of hydrogen-bond donors (Lipinski definition) is 1. The molecule has 0 aliphatic rings. The number of nitrogens with one attached hydrogen (secondary N) is 1. The van der Waals surface area contributed by atoms with Gasteiger partial charge in [-0.2, -0.15) is 0 Å². The maximum atomic E-state index is 13.7. The first kappa shape index (κ1) is 15.4. The average molecular weight is 294 g/mol. The van der Waals surface area contributed by atoms with Crippen molar-refractivity contribution in [2.24, 2.45) is 7.05 Å². The van der Waals surface area contributed by atoms with Crippen molar-refractivity contribution in [3.05, 3.63) is 47.3 Å². The molecule has 21 heavy (non-hydrogen) atoms. The molecule has 0 aliphatic heterocycles. The molecule has 1 aromatic heterocycles. The molecule has 2 aromatic rings. The van der Waals surface area contributed by atoms with Gasteiger partial charge in [-0.25, -0.2) is 13.8 Å². The number of hydrogen-bond acceptors (Lipinski definition) is 3. The number of aromatic nitrogens is 2. The quantitative estimate of drug-likeness (QED) is 0.920. The molecule has 0 amide bonds. The number of halogens is 2. The zero-order valence-electron chi connectivity index (χ0n) is 12.7. The molecule has 0 radical (unpaired) electrons. The Bertz CT molecular complexity index is 622. The minimum Gasteiger partial charge on any atom is -0.348 e. The fourth-order valence-electron chi connectivity index (χ4n) is 2.23. The summed E-state index contributed by atoms with van der Waals surface area (Å²) < 4.78 is 28.6. The molecule has 0 fully saturated rings. The third kappa shape index (κ3) is 3.39. The molecule has 1 heterocycles. The summed E-state index contributed by atoms with van der Waals surface area (Å²) in [6.45, 7) is 2.40. The van der Waals surface area contributed by atoms with Crippen LogP contribution in [0, 0.1) is 11.6 Å². The minimum absolute atomic E-state index is 0.219. The predicted octanol–water partition coefficient (Wildman–Crippen LogP) is 2.62. The largest absolute Gasteiger partial charge is 0.348 e. The molecule has 0 aliphatic carbocycles. The Morgan fingerprint density at radius 3 is 2.62 bits per heavy atom. The number of nitrogens with zero attached hydrogens (tertiary/aromatic N) is 3. The van der Waals surface area contributed by atoms with E-state index in [0.717, 1.165) is 17.7 Å². The minimum atomic E-state index is -0.564. The topological polar surface area (TPSA) is 33.1 Å². The van der Waals surface area contributed by atoms with Crippen LogP contribution >= 0.6 is 0 Å². The van der Waals surface area contributed by atoms with Crippen molar-refractivity contribution in [1.29, 1.82) is 0 Å². The monoisotopic (exact) mass is 294 g/mol. The summed E-state index contributed by atoms with van der Waals surface area (Å²) in [7, 11) is 5.79. The summed E-state index contributed by atoms with van der Waals surface area (Å²) in [5, 5.41) is 3.23. The lowest BCUT2D eigenvalue weighted by Gasteiger charge is -2.16. The maximum Gasteiger partial charge on any atom is 0.204 e. The zero-order valence-corrected chi connectivity index (χ0v) is 12.7. The lowest BCUT2D eigenvalue weighted by Crippen LogP contribution is -2.21. The van der Waals surface area contributed by atoms with E-state index in [1.807, 2.05) is 37.5 Å². The summed E-state index contributed by atoms with van der Waals surface area (Å²) in [4.78, 5) is 6.24. The summed E-state index contributed by atoms with van der Waals surface area (Å²) in [6.07, 6.45) is 1.79. The molecule has 1 unspecified atom stereocenters. The van der Waals surface area contributed by atoms with E-state index < -0.39 is 11.6 Å². The van der Waals surface area contributed by atoms with Gasteiger partial charge < -0.3 is 14.8 Å². The SMILES string of the molecule is CC(NCc1cnc(N(C)C)n1C)c1ccc(F)cc1F. The smallest absolute Gasteiger partial charge is 0.204 e. The molecule has 4 nitrogen and oxygen atoms in total. The number of benzene rings is 1. The van der Waals surface area contributed by atoms with Gasteiger partial charge in [-0.1, -0.05) is 6.07 Å². The molecule has 1 aromatic carbocycles. The second-order valence-electron chi connectivity index (χ2n) is 5.27. The zero-order chi connectivity index (χ0) is 15.6.